The Morgan fingerprint density at radius 2 is 1.85 bits per heavy atom. The van der Waals surface area contributed by atoms with Gasteiger partial charge in [0, 0.05) is 12.7 Å². The number of aryl methyl sites for hydroxylation is 1. The highest BCUT2D eigenvalue weighted by Crippen LogP contribution is 2.23. The molecule has 2 aromatic rings. The molecule has 1 aromatic carbocycles. The first-order valence-electron chi connectivity index (χ1n) is 12.5. The van der Waals surface area contributed by atoms with Crippen molar-refractivity contribution < 1.29 is 0 Å². The molecule has 4 rings (SSSR count). The van der Waals surface area contributed by atoms with E-state index in [2.05, 4.69) is 60.7 Å². The number of aromatic nitrogens is 2. The minimum absolute atomic E-state index is 0.794. The van der Waals surface area contributed by atoms with Crippen LogP contribution in [0.4, 0.5) is 0 Å². The molecule has 6 nitrogen and oxygen atoms in total. The summed E-state index contributed by atoms with van der Waals surface area (Å²) in [5.74, 6) is 2.42. The molecule has 3 heterocycles. The van der Waals surface area contributed by atoms with E-state index in [1.165, 1.54) is 49.2 Å². The maximum Gasteiger partial charge on any atom is 0.174 e. The van der Waals surface area contributed by atoms with Gasteiger partial charge in [-0.2, -0.15) is 5.10 Å². The van der Waals surface area contributed by atoms with E-state index in [4.69, 9.17) is 10.2 Å². The van der Waals surface area contributed by atoms with Crippen LogP contribution >= 0.6 is 0 Å². The van der Waals surface area contributed by atoms with Crippen molar-refractivity contribution in [3.05, 3.63) is 77.3 Å². The summed E-state index contributed by atoms with van der Waals surface area (Å²) in [6.45, 7) is 13.8. The van der Waals surface area contributed by atoms with Gasteiger partial charge >= 0.3 is 0 Å². The highest BCUT2D eigenvalue weighted by molar-refractivity contribution is 5.98. The highest BCUT2D eigenvalue weighted by atomic mass is 15.5. The summed E-state index contributed by atoms with van der Waals surface area (Å²) in [6, 6.07) is 10.9. The number of allylic oxidation sites excluding steroid dienone is 2. The standard InChI is InChI=1S/C28H38N6/c1-21-13-14-28(31-33(21)24(4)29-5)34-23(3)27(22(2)30-34)12-9-17-32-18-15-26(16-19-32)20-25-10-7-6-8-11-25/h6-8,10-11,13-14,26H,1,9,12,15-20H2,2-5H3/b29-24-. The van der Waals surface area contributed by atoms with Gasteiger partial charge in [-0.15, -0.1) is 5.10 Å². The summed E-state index contributed by atoms with van der Waals surface area (Å²) in [7, 11) is 1.77. The molecule has 2 aliphatic heterocycles. The Morgan fingerprint density at radius 3 is 2.56 bits per heavy atom. The van der Waals surface area contributed by atoms with Crippen LogP contribution in [-0.4, -0.2) is 58.0 Å². The van der Waals surface area contributed by atoms with E-state index < -0.39 is 0 Å². The predicted molar refractivity (Wildman–Crippen MR) is 141 cm³/mol. The maximum atomic E-state index is 4.82. The number of rotatable bonds is 6. The van der Waals surface area contributed by atoms with Crippen molar-refractivity contribution in [2.24, 2.45) is 16.0 Å². The molecular weight excluding hydrogens is 420 g/mol. The van der Waals surface area contributed by atoms with Gasteiger partial charge < -0.3 is 4.90 Å². The van der Waals surface area contributed by atoms with Gasteiger partial charge in [0.2, 0.25) is 0 Å². The van der Waals surface area contributed by atoms with E-state index in [0.717, 1.165) is 48.4 Å². The normalized spacial score (nSPS) is 18.0. The van der Waals surface area contributed by atoms with Gasteiger partial charge in [-0.25, -0.2) is 9.69 Å². The zero-order valence-electron chi connectivity index (χ0n) is 21.2. The molecule has 0 amide bonds. The van der Waals surface area contributed by atoms with Crippen LogP contribution in [0.2, 0.25) is 0 Å². The van der Waals surface area contributed by atoms with Crippen LogP contribution in [0.3, 0.4) is 0 Å². The number of hydrogen-bond donors (Lipinski definition) is 0. The second-order valence-electron chi connectivity index (χ2n) is 9.50. The summed E-state index contributed by atoms with van der Waals surface area (Å²) in [6.07, 6.45) is 9.98. The molecule has 0 saturated carbocycles. The minimum Gasteiger partial charge on any atom is -0.303 e. The molecule has 0 radical (unpaired) electrons. The molecule has 34 heavy (non-hydrogen) atoms. The highest BCUT2D eigenvalue weighted by Gasteiger charge is 2.21. The fraction of sp³-hybridized carbons (Fsp3) is 0.464. The maximum absolute atomic E-state index is 4.82. The van der Waals surface area contributed by atoms with Crippen LogP contribution in [0.1, 0.15) is 48.7 Å². The number of benzene rings is 1. The van der Waals surface area contributed by atoms with Gasteiger partial charge in [0.05, 0.1) is 11.4 Å². The summed E-state index contributed by atoms with van der Waals surface area (Å²) in [4.78, 5) is 6.89. The quantitative estimate of drug-likeness (QED) is 0.453. The Morgan fingerprint density at radius 1 is 1.12 bits per heavy atom. The van der Waals surface area contributed by atoms with Crippen LogP contribution in [0, 0.1) is 19.8 Å². The molecule has 0 atom stereocenters. The number of hydrazone groups is 1. The number of amidine groups is 1. The lowest BCUT2D eigenvalue weighted by atomic mass is 9.90. The molecule has 180 valence electrons. The van der Waals surface area contributed by atoms with Crippen molar-refractivity contribution in [3.63, 3.8) is 0 Å². The zero-order chi connectivity index (χ0) is 24.1. The van der Waals surface area contributed by atoms with Crippen LogP contribution < -0.4 is 0 Å². The Balaban J connectivity index is 1.31. The van der Waals surface area contributed by atoms with E-state index in [1.807, 2.05) is 23.8 Å². The third kappa shape index (κ3) is 5.55. The van der Waals surface area contributed by atoms with Crippen LogP contribution in [-0.2, 0) is 12.8 Å². The SMILES string of the molecule is C=C1C=CC(n2nc(C)c(CCCN3CCC(Cc4ccccc4)CC3)c2C)=NN1/C(C)=N\C. The lowest BCUT2D eigenvalue weighted by Crippen LogP contribution is -2.35. The molecule has 0 unspecified atom stereocenters. The topological polar surface area (TPSA) is 49.0 Å². The summed E-state index contributed by atoms with van der Waals surface area (Å²) < 4.78 is 1.96. The van der Waals surface area contributed by atoms with Gasteiger partial charge in [-0.3, -0.25) is 4.99 Å². The van der Waals surface area contributed by atoms with Crippen molar-refractivity contribution in [1.82, 2.24) is 19.7 Å². The van der Waals surface area contributed by atoms with Crippen LogP contribution in [0.25, 0.3) is 0 Å². The van der Waals surface area contributed by atoms with E-state index >= 15 is 0 Å². The lowest BCUT2D eigenvalue weighted by molar-refractivity contribution is 0.182. The minimum atomic E-state index is 0.794. The van der Waals surface area contributed by atoms with E-state index in [-0.39, 0.29) is 0 Å². The lowest BCUT2D eigenvalue weighted by Gasteiger charge is -2.32. The molecule has 0 spiro atoms. The molecule has 1 saturated heterocycles. The summed E-state index contributed by atoms with van der Waals surface area (Å²) in [5, 5.41) is 11.3. The summed E-state index contributed by atoms with van der Waals surface area (Å²) >= 11 is 0. The molecular formula is C28H38N6. The van der Waals surface area contributed by atoms with Crippen molar-refractivity contribution >= 4 is 11.7 Å². The Hall–Kier alpha value is -2.99. The molecule has 0 aliphatic carbocycles. The fourth-order valence-corrected chi connectivity index (χ4v) is 5.03. The number of aliphatic imine (C=N–C) groups is 1. The summed E-state index contributed by atoms with van der Waals surface area (Å²) in [5.41, 5.74) is 5.88. The zero-order valence-corrected chi connectivity index (χ0v) is 21.2. The van der Waals surface area contributed by atoms with Crippen LogP contribution in [0.5, 0.6) is 0 Å². The van der Waals surface area contributed by atoms with Crippen molar-refractivity contribution in [2.45, 2.75) is 52.9 Å². The number of nitrogens with zero attached hydrogens (tertiary/aromatic N) is 6. The fourth-order valence-electron chi connectivity index (χ4n) is 5.03. The third-order valence-electron chi connectivity index (χ3n) is 7.16. The van der Waals surface area contributed by atoms with Crippen LogP contribution in [0.15, 0.2) is 64.9 Å². The monoisotopic (exact) mass is 458 g/mol. The third-order valence-corrected chi connectivity index (χ3v) is 7.16. The first kappa shape index (κ1) is 24.1. The Bertz CT molecular complexity index is 1080. The largest absolute Gasteiger partial charge is 0.303 e. The number of hydrogen-bond acceptors (Lipinski definition) is 4. The number of piperidine rings is 1. The van der Waals surface area contributed by atoms with Gasteiger partial charge in [-0.05, 0) is 102 Å². The predicted octanol–water partition coefficient (Wildman–Crippen LogP) is 4.98. The van der Waals surface area contributed by atoms with Crippen molar-refractivity contribution in [2.75, 3.05) is 26.7 Å². The van der Waals surface area contributed by atoms with E-state index in [9.17, 15) is 0 Å². The first-order valence-corrected chi connectivity index (χ1v) is 12.5. The molecule has 0 bridgehead atoms. The Labute approximate surface area is 204 Å². The Kier molecular flexibility index (Phi) is 7.78. The first-order chi connectivity index (χ1) is 16.5. The average Bonchev–Trinajstić information content (AvgIpc) is 3.14. The molecule has 1 fully saturated rings. The average molecular weight is 459 g/mol. The molecule has 1 aromatic heterocycles. The van der Waals surface area contributed by atoms with Gasteiger partial charge in [0.25, 0.3) is 0 Å². The van der Waals surface area contributed by atoms with Gasteiger partial charge in [0.15, 0.2) is 5.84 Å². The van der Waals surface area contributed by atoms with E-state index in [0.29, 0.717) is 0 Å². The molecule has 0 N–H and O–H groups in total. The van der Waals surface area contributed by atoms with Crippen molar-refractivity contribution in [1.29, 1.82) is 0 Å². The van der Waals surface area contributed by atoms with Crippen molar-refractivity contribution in [3.8, 4) is 0 Å². The smallest absolute Gasteiger partial charge is 0.174 e. The molecule has 2 aliphatic rings. The second-order valence-corrected chi connectivity index (χ2v) is 9.50. The van der Waals surface area contributed by atoms with Gasteiger partial charge in [-0.1, -0.05) is 36.9 Å². The second kappa shape index (κ2) is 11.0. The van der Waals surface area contributed by atoms with Gasteiger partial charge in [0.1, 0.15) is 5.84 Å². The number of likely N-dealkylation sites (tertiary alicyclic amines) is 1. The molecule has 6 heteroatoms. The van der Waals surface area contributed by atoms with E-state index in [1.54, 1.807) is 12.1 Å².